The summed E-state index contributed by atoms with van der Waals surface area (Å²) in [6.45, 7) is 4.28. The highest BCUT2D eigenvalue weighted by molar-refractivity contribution is 7.18. The lowest BCUT2D eigenvalue weighted by atomic mass is 9.83. The van der Waals surface area contributed by atoms with Crippen LogP contribution < -0.4 is 0 Å². The minimum absolute atomic E-state index is 0.0402. The maximum Gasteiger partial charge on any atom is 0.200 e. The summed E-state index contributed by atoms with van der Waals surface area (Å²) in [4.78, 5) is 18.8. The van der Waals surface area contributed by atoms with Crippen LogP contribution in [0.4, 0.5) is 0 Å². The van der Waals surface area contributed by atoms with E-state index in [1.54, 1.807) is 17.5 Å². The molecule has 0 radical (unpaired) electrons. The zero-order valence-corrected chi connectivity index (χ0v) is 18.4. The van der Waals surface area contributed by atoms with Crippen LogP contribution in [0.1, 0.15) is 48.4 Å². The molecular weight excluding hydrogens is 420 g/mol. The van der Waals surface area contributed by atoms with Crippen LogP contribution in [-0.2, 0) is 0 Å². The molecule has 3 atom stereocenters. The Morgan fingerprint density at radius 3 is 2.28 bits per heavy atom. The van der Waals surface area contributed by atoms with Crippen molar-refractivity contribution in [1.29, 1.82) is 0 Å². The predicted octanol–water partition coefficient (Wildman–Crippen LogP) is 6.66. The second kappa shape index (κ2) is 7.53. The number of pyridine rings is 1. The fourth-order valence-electron chi connectivity index (χ4n) is 4.27. The number of rotatable bonds is 5. The third-order valence-electron chi connectivity index (χ3n) is 5.94. The molecule has 0 aliphatic heterocycles. The van der Waals surface area contributed by atoms with Gasteiger partial charge in [0, 0.05) is 18.0 Å². The van der Waals surface area contributed by atoms with Gasteiger partial charge in [0.2, 0.25) is 5.89 Å². The molecule has 6 aromatic rings. The van der Waals surface area contributed by atoms with Gasteiger partial charge < -0.3 is 8.83 Å². The summed E-state index contributed by atoms with van der Waals surface area (Å²) >= 11 is 1.71. The van der Waals surface area contributed by atoms with Crippen molar-refractivity contribution < 1.29 is 8.83 Å². The van der Waals surface area contributed by atoms with Crippen LogP contribution in [-0.4, -0.2) is 19.9 Å². The van der Waals surface area contributed by atoms with Crippen molar-refractivity contribution in [1.82, 2.24) is 19.9 Å². The van der Waals surface area contributed by atoms with Gasteiger partial charge in [0.1, 0.15) is 5.52 Å². The molecule has 2 aromatic carbocycles. The Kier molecular flexibility index (Phi) is 4.50. The Hall–Kier alpha value is -3.58. The number of hydrogen-bond acceptors (Lipinski definition) is 7. The molecule has 0 spiro atoms. The molecule has 0 amide bonds. The first-order valence-corrected chi connectivity index (χ1v) is 11.4. The minimum atomic E-state index is -0.115. The molecule has 6 nitrogen and oxygen atoms in total. The number of oxazole rings is 2. The van der Waals surface area contributed by atoms with Crippen molar-refractivity contribution >= 4 is 43.9 Å². The Balaban J connectivity index is 1.48. The second-order valence-corrected chi connectivity index (χ2v) is 9.08. The molecule has 3 unspecified atom stereocenters. The van der Waals surface area contributed by atoms with Crippen LogP contribution in [0.15, 0.2) is 75.7 Å². The van der Waals surface area contributed by atoms with Gasteiger partial charge in [-0.15, -0.1) is 11.3 Å². The molecule has 0 saturated heterocycles. The van der Waals surface area contributed by atoms with E-state index in [0.29, 0.717) is 23.0 Å². The lowest BCUT2D eigenvalue weighted by Gasteiger charge is -2.23. The van der Waals surface area contributed by atoms with E-state index in [1.165, 1.54) is 4.70 Å². The van der Waals surface area contributed by atoms with Gasteiger partial charge in [0.25, 0.3) is 0 Å². The first kappa shape index (κ1) is 19.1. The lowest BCUT2D eigenvalue weighted by Crippen LogP contribution is -2.16. The topological polar surface area (TPSA) is 77.8 Å². The summed E-state index contributed by atoms with van der Waals surface area (Å²) in [5.41, 5.74) is 3.91. The molecule has 0 aliphatic carbocycles. The maximum absolute atomic E-state index is 6.24. The quantitative estimate of drug-likeness (QED) is 0.298. The van der Waals surface area contributed by atoms with E-state index >= 15 is 0 Å². The summed E-state index contributed by atoms with van der Waals surface area (Å²) in [7, 11) is 0. The molecule has 7 heteroatoms. The Bertz CT molecular complexity index is 1370. The number of nitrogens with zero attached hydrogens (tertiary/aromatic N) is 4. The predicted molar refractivity (Wildman–Crippen MR) is 125 cm³/mol. The van der Waals surface area contributed by atoms with Crippen LogP contribution >= 0.6 is 11.3 Å². The Morgan fingerprint density at radius 2 is 1.47 bits per heavy atom. The van der Waals surface area contributed by atoms with Crippen LogP contribution in [0.5, 0.6) is 0 Å². The molecule has 0 N–H and O–H groups in total. The Labute approximate surface area is 188 Å². The molecule has 6 rings (SSSR count). The van der Waals surface area contributed by atoms with Crippen molar-refractivity contribution in [2.24, 2.45) is 0 Å². The third-order valence-corrected chi connectivity index (χ3v) is 7.18. The van der Waals surface area contributed by atoms with Gasteiger partial charge >= 0.3 is 0 Å². The number of aromatic nitrogens is 4. The zero-order valence-electron chi connectivity index (χ0n) is 17.6. The molecule has 0 saturated carbocycles. The van der Waals surface area contributed by atoms with Gasteiger partial charge in [0.05, 0.1) is 21.1 Å². The highest BCUT2D eigenvalue weighted by Gasteiger charge is 2.36. The van der Waals surface area contributed by atoms with Crippen molar-refractivity contribution in [2.45, 2.75) is 31.6 Å². The summed E-state index contributed by atoms with van der Waals surface area (Å²) in [6, 6.07) is 19.8. The van der Waals surface area contributed by atoms with Gasteiger partial charge in [-0.3, -0.25) is 0 Å². The van der Waals surface area contributed by atoms with Crippen molar-refractivity contribution in [3.05, 3.63) is 83.6 Å². The smallest absolute Gasteiger partial charge is 0.200 e. The van der Waals surface area contributed by atoms with E-state index in [-0.39, 0.29) is 17.8 Å². The third kappa shape index (κ3) is 3.17. The summed E-state index contributed by atoms with van der Waals surface area (Å²) in [5, 5.41) is 1.04. The van der Waals surface area contributed by atoms with Crippen LogP contribution in [0.25, 0.3) is 32.5 Å². The maximum atomic E-state index is 6.24. The van der Waals surface area contributed by atoms with E-state index in [2.05, 4.69) is 29.9 Å². The molecule has 0 aliphatic rings. The molecule has 4 heterocycles. The molecular formula is C25H20N4O2S. The first-order valence-electron chi connectivity index (χ1n) is 10.6. The van der Waals surface area contributed by atoms with Gasteiger partial charge in [0.15, 0.2) is 22.7 Å². The standard InChI is InChI=1S/C25H20N4O2S/c1-14(23-29-22-19(31-23)11-7-13-26-22)21(24-27-16-8-3-5-10-18(16)30-24)15(2)25-28-17-9-4-6-12-20(17)32-25/h3-15,21H,1-2H3. The van der Waals surface area contributed by atoms with Crippen molar-refractivity contribution in [3.63, 3.8) is 0 Å². The van der Waals surface area contributed by atoms with E-state index in [1.807, 2.05) is 54.6 Å². The Morgan fingerprint density at radius 1 is 0.719 bits per heavy atom. The SMILES string of the molecule is CC(c1nc2ncccc2o1)C(c1nc2ccccc2o1)C(C)c1nc2ccccc2s1. The zero-order chi connectivity index (χ0) is 21.7. The number of fused-ring (bicyclic) bond motifs is 3. The normalized spacial score (nSPS) is 14.8. The average molecular weight is 441 g/mol. The van der Waals surface area contributed by atoms with Crippen LogP contribution in [0, 0.1) is 0 Å². The van der Waals surface area contributed by atoms with Gasteiger partial charge in [-0.25, -0.2) is 15.0 Å². The van der Waals surface area contributed by atoms with E-state index < -0.39 is 0 Å². The summed E-state index contributed by atoms with van der Waals surface area (Å²) in [6.07, 6.45) is 1.72. The number of hydrogen-bond donors (Lipinski definition) is 0. The average Bonchev–Trinajstić information content (AvgIpc) is 3.54. The second-order valence-electron chi connectivity index (χ2n) is 8.02. The lowest BCUT2D eigenvalue weighted by molar-refractivity contribution is 0.352. The molecule has 0 bridgehead atoms. The number of thiazole rings is 1. The molecule has 32 heavy (non-hydrogen) atoms. The fraction of sp³-hybridized carbons (Fsp3) is 0.200. The largest absolute Gasteiger partial charge is 0.440 e. The molecule has 0 fully saturated rings. The van der Waals surface area contributed by atoms with E-state index in [0.717, 1.165) is 21.6 Å². The molecule has 4 aromatic heterocycles. The van der Waals surface area contributed by atoms with Crippen LogP contribution in [0.3, 0.4) is 0 Å². The van der Waals surface area contributed by atoms with Gasteiger partial charge in [-0.1, -0.05) is 38.1 Å². The van der Waals surface area contributed by atoms with E-state index in [4.69, 9.17) is 18.8 Å². The monoisotopic (exact) mass is 440 g/mol. The minimum Gasteiger partial charge on any atom is -0.440 e. The summed E-state index contributed by atoms with van der Waals surface area (Å²) < 4.78 is 13.5. The summed E-state index contributed by atoms with van der Waals surface area (Å²) in [5.74, 6) is 1.12. The molecule has 158 valence electrons. The number of para-hydroxylation sites is 3. The van der Waals surface area contributed by atoms with Crippen molar-refractivity contribution in [2.75, 3.05) is 0 Å². The first-order chi connectivity index (χ1) is 15.7. The highest BCUT2D eigenvalue weighted by Crippen LogP contribution is 2.45. The fourth-order valence-corrected chi connectivity index (χ4v) is 5.33. The van der Waals surface area contributed by atoms with Gasteiger partial charge in [-0.2, -0.15) is 4.98 Å². The van der Waals surface area contributed by atoms with Crippen LogP contribution in [0.2, 0.25) is 0 Å². The van der Waals surface area contributed by atoms with Gasteiger partial charge in [-0.05, 0) is 36.4 Å². The number of benzene rings is 2. The van der Waals surface area contributed by atoms with Crippen molar-refractivity contribution in [3.8, 4) is 0 Å². The highest BCUT2D eigenvalue weighted by atomic mass is 32.1. The van der Waals surface area contributed by atoms with E-state index in [9.17, 15) is 0 Å².